The Kier molecular flexibility index (Phi) is 3.31. The molecule has 0 aromatic heterocycles. The van der Waals surface area contributed by atoms with Crippen LogP contribution in [0, 0.1) is 5.41 Å². The van der Waals surface area contributed by atoms with E-state index in [-0.39, 0.29) is 18.2 Å². The second kappa shape index (κ2) is 5.18. The average Bonchev–Trinajstić information content (AvgIpc) is 2.89. The van der Waals surface area contributed by atoms with Gasteiger partial charge in [-0.3, -0.25) is 5.32 Å². The van der Waals surface area contributed by atoms with Crippen molar-refractivity contribution < 1.29 is 9.84 Å². The number of nitrogens with one attached hydrogen (secondary N) is 1. The monoisotopic (exact) mass is 288 g/mol. The number of hydrogen-bond donors (Lipinski definition) is 2. The van der Waals surface area contributed by atoms with Gasteiger partial charge in [0.2, 0.25) is 0 Å². The number of hydrogen-bond acceptors (Lipinski definition) is 4. The SMILES string of the molecule is OCCNC1CC23CCCCC2=CN2C=CCCC2=C3O1. The van der Waals surface area contributed by atoms with Gasteiger partial charge < -0.3 is 14.7 Å². The molecular weight excluding hydrogens is 264 g/mol. The lowest BCUT2D eigenvalue weighted by molar-refractivity contribution is 0.113. The average molecular weight is 288 g/mol. The van der Waals surface area contributed by atoms with Gasteiger partial charge in [-0.25, -0.2) is 0 Å². The summed E-state index contributed by atoms with van der Waals surface area (Å²) in [6.45, 7) is 0.766. The zero-order chi connectivity index (χ0) is 14.3. The molecule has 2 fully saturated rings. The second-order valence-corrected chi connectivity index (χ2v) is 6.54. The van der Waals surface area contributed by atoms with Crippen LogP contribution in [0.1, 0.15) is 44.9 Å². The molecule has 2 unspecified atom stereocenters. The lowest BCUT2D eigenvalue weighted by Crippen LogP contribution is -2.35. The normalized spacial score (nSPS) is 34.0. The van der Waals surface area contributed by atoms with E-state index in [1.807, 2.05) is 0 Å². The Morgan fingerprint density at radius 1 is 1.38 bits per heavy atom. The smallest absolute Gasteiger partial charge is 0.151 e. The van der Waals surface area contributed by atoms with Gasteiger partial charge in [0.05, 0.1) is 17.7 Å². The van der Waals surface area contributed by atoms with Crippen LogP contribution in [0.5, 0.6) is 0 Å². The summed E-state index contributed by atoms with van der Waals surface area (Å²) in [6, 6.07) is 0. The highest BCUT2D eigenvalue weighted by atomic mass is 16.5. The fourth-order valence-electron chi connectivity index (χ4n) is 4.36. The predicted octanol–water partition coefficient (Wildman–Crippen LogP) is 2.59. The lowest BCUT2D eigenvalue weighted by atomic mass is 9.66. The fraction of sp³-hybridized carbons (Fsp3) is 0.647. The number of ether oxygens (including phenoxy) is 1. The highest BCUT2D eigenvalue weighted by Gasteiger charge is 2.52. The van der Waals surface area contributed by atoms with Crippen molar-refractivity contribution in [1.82, 2.24) is 10.2 Å². The van der Waals surface area contributed by atoms with Gasteiger partial charge in [0, 0.05) is 25.4 Å². The molecule has 114 valence electrons. The van der Waals surface area contributed by atoms with Crippen LogP contribution in [-0.4, -0.2) is 29.4 Å². The van der Waals surface area contributed by atoms with E-state index in [4.69, 9.17) is 9.84 Å². The number of aliphatic hydroxyl groups excluding tert-OH is 1. The van der Waals surface area contributed by atoms with E-state index in [0.29, 0.717) is 6.54 Å². The number of allylic oxidation sites excluding steroid dienone is 3. The third-order valence-electron chi connectivity index (χ3n) is 5.31. The van der Waals surface area contributed by atoms with E-state index >= 15 is 0 Å². The minimum Gasteiger partial charge on any atom is -0.477 e. The maximum atomic E-state index is 9.04. The summed E-state index contributed by atoms with van der Waals surface area (Å²) in [5, 5.41) is 12.4. The number of aliphatic hydroxyl groups is 1. The summed E-state index contributed by atoms with van der Waals surface area (Å²) in [7, 11) is 0. The third kappa shape index (κ3) is 2.04. The molecule has 0 aromatic rings. The quantitative estimate of drug-likeness (QED) is 0.838. The minimum absolute atomic E-state index is 0.0482. The molecule has 0 bridgehead atoms. The first kappa shape index (κ1) is 13.4. The van der Waals surface area contributed by atoms with Gasteiger partial charge in [0.25, 0.3) is 0 Å². The standard InChI is InChI=1S/C17H24N2O2/c20-10-8-18-15-11-17-7-3-1-5-13(17)12-19-9-4-2-6-14(19)16(17)21-15/h4,9,12,15,18,20H,1-3,5-8,10-11H2. The zero-order valence-electron chi connectivity index (χ0n) is 12.5. The number of nitrogens with zero attached hydrogens (tertiary/aromatic N) is 1. The van der Waals surface area contributed by atoms with Crippen molar-refractivity contribution in [1.29, 1.82) is 0 Å². The Bertz CT molecular complexity index is 523. The summed E-state index contributed by atoms with van der Waals surface area (Å²) in [5.41, 5.74) is 3.05. The highest BCUT2D eigenvalue weighted by molar-refractivity contribution is 5.40. The van der Waals surface area contributed by atoms with Crippen LogP contribution in [0.4, 0.5) is 0 Å². The lowest BCUT2D eigenvalue weighted by Gasteiger charge is -2.42. The van der Waals surface area contributed by atoms with Gasteiger partial charge >= 0.3 is 0 Å². The molecule has 1 saturated heterocycles. The first-order chi connectivity index (χ1) is 10.3. The molecule has 1 spiro atoms. The molecule has 3 aliphatic heterocycles. The van der Waals surface area contributed by atoms with Gasteiger partial charge in [-0.1, -0.05) is 12.5 Å². The van der Waals surface area contributed by atoms with Crippen LogP contribution in [0.2, 0.25) is 0 Å². The van der Waals surface area contributed by atoms with Crippen molar-refractivity contribution in [2.75, 3.05) is 13.2 Å². The summed E-state index contributed by atoms with van der Waals surface area (Å²) < 4.78 is 6.34. The van der Waals surface area contributed by atoms with E-state index < -0.39 is 0 Å². The van der Waals surface area contributed by atoms with Crippen molar-refractivity contribution in [3.63, 3.8) is 0 Å². The molecule has 4 heteroatoms. The van der Waals surface area contributed by atoms with Gasteiger partial charge in [-0.2, -0.15) is 0 Å². The molecule has 21 heavy (non-hydrogen) atoms. The van der Waals surface area contributed by atoms with Gasteiger partial charge in [0.15, 0.2) is 6.23 Å². The maximum absolute atomic E-state index is 9.04. The van der Waals surface area contributed by atoms with Gasteiger partial charge in [0.1, 0.15) is 5.76 Å². The number of fused-ring (bicyclic) bond motifs is 1. The molecule has 4 nitrogen and oxygen atoms in total. The van der Waals surface area contributed by atoms with Crippen molar-refractivity contribution in [2.45, 2.75) is 51.2 Å². The molecule has 0 radical (unpaired) electrons. The second-order valence-electron chi connectivity index (χ2n) is 6.54. The van der Waals surface area contributed by atoms with E-state index in [2.05, 4.69) is 28.7 Å². The van der Waals surface area contributed by atoms with Gasteiger partial charge in [-0.15, -0.1) is 0 Å². The Morgan fingerprint density at radius 3 is 3.24 bits per heavy atom. The molecule has 0 amide bonds. The molecule has 4 aliphatic rings. The maximum Gasteiger partial charge on any atom is 0.151 e. The molecule has 2 atom stereocenters. The summed E-state index contributed by atoms with van der Waals surface area (Å²) >= 11 is 0. The Hall–Kier alpha value is -1.26. The Balaban J connectivity index is 1.72. The van der Waals surface area contributed by atoms with Crippen molar-refractivity contribution in [3.05, 3.63) is 35.5 Å². The van der Waals surface area contributed by atoms with E-state index in [9.17, 15) is 0 Å². The summed E-state index contributed by atoms with van der Waals surface area (Å²) in [6.07, 6.45) is 15.0. The third-order valence-corrected chi connectivity index (χ3v) is 5.31. The minimum atomic E-state index is 0.0482. The van der Waals surface area contributed by atoms with E-state index in [0.717, 1.165) is 19.3 Å². The molecule has 0 aromatic carbocycles. The topological polar surface area (TPSA) is 44.7 Å². The van der Waals surface area contributed by atoms with Crippen LogP contribution in [0.15, 0.2) is 35.5 Å². The van der Waals surface area contributed by atoms with E-state index in [1.54, 1.807) is 5.57 Å². The highest BCUT2D eigenvalue weighted by Crippen LogP contribution is 2.58. The summed E-state index contributed by atoms with van der Waals surface area (Å²) in [5.74, 6) is 1.22. The zero-order valence-corrected chi connectivity index (χ0v) is 12.5. The molecule has 3 heterocycles. The number of rotatable bonds is 3. The summed E-state index contributed by atoms with van der Waals surface area (Å²) in [4.78, 5) is 2.28. The van der Waals surface area contributed by atoms with Crippen molar-refractivity contribution in [3.8, 4) is 0 Å². The van der Waals surface area contributed by atoms with Crippen LogP contribution < -0.4 is 5.32 Å². The Morgan fingerprint density at radius 2 is 2.33 bits per heavy atom. The van der Waals surface area contributed by atoms with Crippen molar-refractivity contribution >= 4 is 0 Å². The van der Waals surface area contributed by atoms with E-state index in [1.165, 1.54) is 37.1 Å². The first-order valence-corrected chi connectivity index (χ1v) is 8.24. The predicted molar refractivity (Wildman–Crippen MR) is 80.8 cm³/mol. The van der Waals surface area contributed by atoms with Crippen LogP contribution >= 0.6 is 0 Å². The first-order valence-electron chi connectivity index (χ1n) is 8.24. The molecular formula is C17H24N2O2. The van der Waals surface area contributed by atoms with Crippen LogP contribution in [0.25, 0.3) is 0 Å². The largest absolute Gasteiger partial charge is 0.477 e. The molecule has 1 aliphatic carbocycles. The van der Waals surface area contributed by atoms with Crippen molar-refractivity contribution in [2.24, 2.45) is 5.41 Å². The van der Waals surface area contributed by atoms with Crippen LogP contribution in [-0.2, 0) is 4.74 Å². The molecule has 2 N–H and O–H groups in total. The van der Waals surface area contributed by atoms with Crippen LogP contribution in [0.3, 0.4) is 0 Å². The fourth-order valence-corrected chi connectivity index (χ4v) is 4.36. The Labute approximate surface area is 126 Å². The van der Waals surface area contributed by atoms with Gasteiger partial charge in [-0.05, 0) is 37.7 Å². The molecule has 1 saturated carbocycles. The molecule has 4 rings (SSSR count).